The molecule has 0 aliphatic heterocycles. The number of hydrogen-bond acceptors (Lipinski definition) is 3. The molecule has 0 spiro atoms. The van der Waals surface area contributed by atoms with Crippen LogP contribution in [-0.4, -0.2) is 24.0 Å². The van der Waals surface area contributed by atoms with Crippen molar-refractivity contribution in [1.82, 2.24) is 9.88 Å². The number of aromatic nitrogens is 1. The zero-order valence-corrected chi connectivity index (χ0v) is 8.78. The maximum Gasteiger partial charge on any atom is 0.129 e. The smallest absolute Gasteiger partial charge is 0.129 e. The highest BCUT2D eigenvalue weighted by atomic mass is 35.5. The Morgan fingerprint density at radius 2 is 2.29 bits per heavy atom. The molecule has 0 N–H and O–H groups in total. The number of halogens is 1. The third kappa shape index (κ3) is 2.75. The first-order valence-electron chi connectivity index (χ1n) is 4.04. The maximum absolute atomic E-state index is 8.79. The van der Waals surface area contributed by atoms with Gasteiger partial charge in [-0.1, -0.05) is 11.6 Å². The lowest BCUT2D eigenvalue weighted by atomic mass is 10.1. The van der Waals surface area contributed by atoms with Crippen LogP contribution in [0.15, 0.2) is 18.5 Å². The van der Waals surface area contributed by atoms with Gasteiger partial charge in [0.15, 0.2) is 0 Å². The molecule has 0 saturated carbocycles. The predicted molar refractivity (Wildman–Crippen MR) is 56.7 cm³/mol. The fraction of sp³-hybridized carbons (Fsp3) is 0.200. The van der Waals surface area contributed by atoms with Crippen LogP contribution in [0.4, 0.5) is 0 Å². The van der Waals surface area contributed by atoms with Gasteiger partial charge in [-0.05, 0) is 23.9 Å². The molecule has 0 bridgehead atoms. The van der Waals surface area contributed by atoms with E-state index in [1.54, 1.807) is 6.07 Å². The molecule has 0 fully saturated rings. The van der Waals surface area contributed by atoms with E-state index >= 15 is 0 Å². The van der Waals surface area contributed by atoms with Gasteiger partial charge < -0.3 is 4.90 Å². The molecule has 0 unspecified atom stereocenters. The number of rotatable bonds is 2. The first-order valence-corrected chi connectivity index (χ1v) is 4.41. The lowest BCUT2D eigenvalue weighted by Crippen LogP contribution is -2.00. The molecule has 4 heteroatoms. The average molecular weight is 208 g/mol. The summed E-state index contributed by atoms with van der Waals surface area (Å²) in [4.78, 5) is 5.72. The van der Waals surface area contributed by atoms with Crippen LogP contribution in [0.3, 0.4) is 0 Å². The molecule has 0 aliphatic carbocycles. The fourth-order valence-electron chi connectivity index (χ4n) is 0.905. The van der Waals surface area contributed by atoms with Crippen molar-refractivity contribution in [2.75, 3.05) is 14.1 Å². The highest BCUT2D eigenvalue weighted by Gasteiger charge is 2.00. The van der Waals surface area contributed by atoms with Crippen molar-refractivity contribution in [2.45, 2.75) is 0 Å². The minimum Gasteiger partial charge on any atom is -0.383 e. The third-order valence-corrected chi connectivity index (χ3v) is 1.78. The molecule has 0 aliphatic rings. The van der Waals surface area contributed by atoms with Gasteiger partial charge in [0.25, 0.3) is 0 Å². The number of pyridine rings is 1. The molecule has 3 nitrogen and oxygen atoms in total. The van der Waals surface area contributed by atoms with Crippen molar-refractivity contribution in [2.24, 2.45) is 0 Å². The quantitative estimate of drug-likeness (QED) is 0.698. The van der Waals surface area contributed by atoms with E-state index in [1.807, 2.05) is 31.3 Å². The Balaban J connectivity index is 3.06. The van der Waals surface area contributed by atoms with Crippen LogP contribution >= 0.6 is 11.6 Å². The Bertz CT molecular complexity index is 391. The molecule has 1 rings (SSSR count). The molecule has 0 atom stereocenters. The van der Waals surface area contributed by atoms with E-state index in [-0.39, 0.29) is 0 Å². The van der Waals surface area contributed by atoms with Gasteiger partial charge in [-0.3, -0.25) is 0 Å². The standard InChI is InChI=1S/C10H10ClN3/c1-14(2)4-3-8-5-10(11)13-7-9(8)6-12/h3-5,7H,1-2H3. The predicted octanol–water partition coefficient (Wildman–Crippen LogP) is 2.14. The number of nitrogens with zero attached hydrogens (tertiary/aromatic N) is 3. The molecule has 0 radical (unpaired) electrons. The molecule has 1 aromatic rings. The lowest BCUT2D eigenvalue weighted by Gasteiger charge is -2.04. The highest BCUT2D eigenvalue weighted by molar-refractivity contribution is 6.29. The first kappa shape index (κ1) is 10.6. The Morgan fingerprint density at radius 1 is 1.57 bits per heavy atom. The zero-order chi connectivity index (χ0) is 10.6. The van der Waals surface area contributed by atoms with Gasteiger partial charge in [0, 0.05) is 20.3 Å². The third-order valence-electron chi connectivity index (χ3n) is 1.58. The molecule has 14 heavy (non-hydrogen) atoms. The summed E-state index contributed by atoms with van der Waals surface area (Å²) in [6.45, 7) is 0. The van der Waals surface area contributed by atoms with Crippen molar-refractivity contribution >= 4 is 17.7 Å². The number of hydrogen-bond donors (Lipinski definition) is 0. The Kier molecular flexibility index (Phi) is 3.49. The van der Waals surface area contributed by atoms with Crippen LogP contribution in [0.25, 0.3) is 6.08 Å². The Labute approximate surface area is 88.2 Å². The van der Waals surface area contributed by atoms with Gasteiger partial charge in [-0.2, -0.15) is 5.26 Å². The van der Waals surface area contributed by atoms with Crippen molar-refractivity contribution in [1.29, 1.82) is 5.26 Å². The summed E-state index contributed by atoms with van der Waals surface area (Å²) < 4.78 is 0. The highest BCUT2D eigenvalue weighted by Crippen LogP contribution is 2.13. The van der Waals surface area contributed by atoms with E-state index in [0.717, 1.165) is 5.56 Å². The van der Waals surface area contributed by atoms with Crippen molar-refractivity contribution in [3.05, 3.63) is 34.7 Å². The summed E-state index contributed by atoms with van der Waals surface area (Å²) >= 11 is 5.72. The molecule has 1 heterocycles. The molecule has 0 saturated heterocycles. The summed E-state index contributed by atoms with van der Waals surface area (Å²) in [5.74, 6) is 0. The van der Waals surface area contributed by atoms with Crippen LogP contribution < -0.4 is 0 Å². The minimum absolute atomic E-state index is 0.391. The van der Waals surface area contributed by atoms with Gasteiger partial charge in [0.1, 0.15) is 11.2 Å². The molecule has 1 aromatic heterocycles. The van der Waals surface area contributed by atoms with Crippen LogP contribution in [0, 0.1) is 11.3 Å². The second-order valence-corrected chi connectivity index (χ2v) is 3.37. The van der Waals surface area contributed by atoms with Crippen molar-refractivity contribution in [3.8, 4) is 6.07 Å². The van der Waals surface area contributed by atoms with Gasteiger partial charge >= 0.3 is 0 Å². The van der Waals surface area contributed by atoms with Gasteiger partial charge in [-0.25, -0.2) is 4.98 Å². The molecule has 0 aromatic carbocycles. The monoisotopic (exact) mass is 207 g/mol. The zero-order valence-electron chi connectivity index (χ0n) is 8.03. The van der Waals surface area contributed by atoms with E-state index in [4.69, 9.17) is 16.9 Å². The first-order chi connectivity index (χ1) is 6.63. The summed E-state index contributed by atoms with van der Waals surface area (Å²) in [5.41, 5.74) is 1.30. The fourth-order valence-corrected chi connectivity index (χ4v) is 1.07. The average Bonchev–Trinajstić information content (AvgIpc) is 2.15. The molecule has 0 amide bonds. The second kappa shape index (κ2) is 4.64. The van der Waals surface area contributed by atoms with Crippen molar-refractivity contribution in [3.63, 3.8) is 0 Å². The van der Waals surface area contributed by atoms with Gasteiger partial charge in [0.2, 0.25) is 0 Å². The topological polar surface area (TPSA) is 39.9 Å². The largest absolute Gasteiger partial charge is 0.383 e. The summed E-state index contributed by atoms with van der Waals surface area (Å²) in [6, 6.07) is 3.72. The molecule has 72 valence electrons. The molecular weight excluding hydrogens is 198 g/mol. The summed E-state index contributed by atoms with van der Waals surface area (Å²) in [5, 5.41) is 9.19. The van der Waals surface area contributed by atoms with Crippen LogP contribution in [0.5, 0.6) is 0 Å². The van der Waals surface area contributed by atoms with Crippen molar-refractivity contribution < 1.29 is 0 Å². The van der Waals surface area contributed by atoms with E-state index in [0.29, 0.717) is 10.7 Å². The van der Waals surface area contributed by atoms with Crippen LogP contribution in [0.2, 0.25) is 5.15 Å². The SMILES string of the molecule is CN(C)C=Cc1cc(Cl)ncc1C#N. The Hall–Kier alpha value is -1.53. The summed E-state index contributed by atoms with van der Waals surface area (Å²) in [7, 11) is 3.82. The van der Waals surface area contributed by atoms with Crippen LogP contribution in [-0.2, 0) is 0 Å². The van der Waals surface area contributed by atoms with Gasteiger partial charge in [-0.15, -0.1) is 0 Å². The minimum atomic E-state index is 0.391. The van der Waals surface area contributed by atoms with E-state index < -0.39 is 0 Å². The van der Waals surface area contributed by atoms with Gasteiger partial charge in [0.05, 0.1) is 5.56 Å². The normalized spacial score (nSPS) is 10.1. The second-order valence-electron chi connectivity index (χ2n) is 2.99. The summed E-state index contributed by atoms with van der Waals surface area (Å²) in [6.07, 6.45) is 5.15. The van der Waals surface area contributed by atoms with Crippen LogP contribution in [0.1, 0.15) is 11.1 Å². The Morgan fingerprint density at radius 3 is 2.86 bits per heavy atom. The van der Waals surface area contributed by atoms with E-state index in [9.17, 15) is 0 Å². The van der Waals surface area contributed by atoms with E-state index in [2.05, 4.69) is 11.1 Å². The van der Waals surface area contributed by atoms with E-state index in [1.165, 1.54) is 6.20 Å². The molecular formula is C10H10ClN3. The lowest BCUT2D eigenvalue weighted by molar-refractivity contribution is 0.567. The maximum atomic E-state index is 8.79. The number of nitriles is 1.